The third-order valence-corrected chi connectivity index (χ3v) is 3.62. The Morgan fingerprint density at radius 3 is 2.50 bits per heavy atom. The SMILES string of the molecule is CC1(C)OC2(C)CC1CCC2O. The lowest BCUT2D eigenvalue weighted by atomic mass is 9.75. The fourth-order valence-corrected chi connectivity index (χ4v) is 2.78. The Morgan fingerprint density at radius 1 is 1.25 bits per heavy atom. The molecule has 1 saturated carbocycles. The molecule has 0 spiro atoms. The van der Waals surface area contributed by atoms with E-state index in [-0.39, 0.29) is 17.3 Å². The van der Waals surface area contributed by atoms with Gasteiger partial charge in [0.1, 0.15) is 0 Å². The zero-order chi connectivity index (χ0) is 8.98. The van der Waals surface area contributed by atoms with Crippen LogP contribution in [0.5, 0.6) is 0 Å². The summed E-state index contributed by atoms with van der Waals surface area (Å²) < 4.78 is 5.92. The van der Waals surface area contributed by atoms with E-state index < -0.39 is 0 Å². The minimum absolute atomic E-state index is 0.0216. The molecule has 1 aliphatic heterocycles. The number of aliphatic hydroxyl groups excluding tert-OH is 1. The van der Waals surface area contributed by atoms with Crippen molar-refractivity contribution < 1.29 is 9.84 Å². The van der Waals surface area contributed by atoms with Crippen LogP contribution in [0.4, 0.5) is 0 Å². The molecule has 2 nitrogen and oxygen atoms in total. The van der Waals surface area contributed by atoms with Crippen LogP contribution in [0, 0.1) is 5.92 Å². The van der Waals surface area contributed by atoms with Crippen LogP contribution in [0.1, 0.15) is 40.0 Å². The maximum absolute atomic E-state index is 9.76. The molecular formula is C10H18O2. The van der Waals surface area contributed by atoms with Gasteiger partial charge < -0.3 is 9.84 Å². The lowest BCUT2D eigenvalue weighted by Crippen LogP contribution is -2.41. The van der Waals surface area contributed by atoms with Crippen molar-refractivity contribution in [1.82, 2.24) is 0 Å². The first-order valence-corrected chi connectivity index (χ1v) is 4.82. The third-order valence-electron chi connectivity index (χ3n) is 3.62. The van der Waals surface area contributed by atoms with E-state index in [4.69, 9.17) is 4.74 Å². The molecule has 2 fully saturated rings. The van der Waals surface area contributed by atoms with Gasteiger partial charge in [0.05, 0.1) is 17.3 Å². The Kier molecular flexibility index (Phi) is 1.59. The van der Waals surface area contributed by atoms with E-state index in [0.29, 0.717) is 5.92 Å². The maximum atomic E-state index is 9.76. The normalized spacial score (nSPS) is 51.0. The van der Waals surface area contributed by atoms with Crippen molar-refractivity contribution in [1.29, 1.82) is 0 Å². The van der Waals surface area contributed by atoms with Crippen LogP contribution in [0.3, 0.4) is 0 Å². The average molecular weight is 170 g/mol. The second-order valence-corrected chi connectivity index (χ2v) is 5.01. The number of ether oxygens (including phenoxy) is 1. The molecule has 0 aromatic rings. The molecule has 1 saturated heterocycles. The summed E-state index contributed by atoms with van der Waals surface area (Å²) in [6.07, 6.45) is 2.80. The van der Waals surface area contributed by atoms with Gasteiger partial charge in [0.15, 0.2) is 0 Å². The molecule has 1 N–H and O–H groups in total. The summed E-state index contributed by atoms with van der Waals surface area (Å²) in [5.74, 6) is 0.644. The molecule has 70 valence electrons. The van der Waals surface area contributed by atoms with E-state index in [1.54, 1.807) is 0 Å². The molecule has 2 aliphatic rings. The topological polar surface area (TPSA) is 29.5 Å². The maximum Gasteiger partial charge on any atom is 0.0923 e. The van der Waals surface area contributed by atoms with E-state index in [2.05, 4.69) is 13.8 Å². The summed E-state index contributed by atoms with van der Waals surface area (Å²) in [6.45, 7) is 6.32. The number of hydrogen-bond acceptors (Lipinski definition) is 2. The van der Waals surface area contributed by atoms with Crippen LogP contribution in [0.2, 0.25) is 0 Å². The van der Waals surface area contributed by atoms with E-state index in [1.165, 1.54) is 0 Å². The Hall–Kier alpha value is -0.0800. The molecule has 1 aliphatic carbocycles. The molecule has 2 bridgehead atoms. The van der Waals surface area contributed by atoms with Crippen molar-refractivity contribution >= 4 is 0 Å². The summed E-state index contributed by atoms with van der Waals surface area (Å²) in [4.78, 5) is 0. The fraction of sp³-hybridized carbons (Fsp3) is 1.00. The number of hydrogen-bond donors (Lipinski definition) is 1. The van der Waals surface area contributed by atoms with Crippen LogP contribution in [-0.4, -0.2) is 22.4 Å². The second kappa shape index (κ2) is 2.24. The number of aliphatic hydroxyl groups is 1. The minimum Gasteiger partial charge on any atom is -0.390 e. The van der Waals surface area contributed by atoms with Crippen molar-refractivity contribution in [3.8, 4) is 0 Å². The molecular weight excluding hydrogens is 152 g/mol. The van der Waals surface area contributed by atoms with Crippen molar-refractivity contribution in [2.24, 2.45) is 5.92 Å². The zero-order valence-corrected chi connectivity index (χ0v) is 8.13. The van der Waals surface area contributed by atoms with Crippen LogP contribution in [-0.2, 0) is 4.74 Å². The molecule has 1 heterocycles. The van der Waals surface area contributed by atoms with E-state index in [1.807, 2.05) is 6.92 Å². The van der Waals surface area contributed by atoms with Crippen LogP contribution in [0.25, 0.3) is 0 Å². The highest BCUT2D eigenvalue weighted by atomic mass is 16.5. The standard InChI is InChI=1S/C10H18O2/c1-9(2)7-4-5-8(11)10(3,6-7)12-9/h7-8,11H,4-6H2,1-3H3. The van der Waals surface area contributed by atoms with E-state index in [0.717, 1.165) is 19.3 Å². The van der Waals surface area contributed by atoms with Crippen LogP contribution in [0.15, 0.2) is 0 Å². The summed E-state index contributed by atoms with van der Waals surface area (Å²) in [5.41, 5.74) is -0.279. The summed E-state index contributed by atoms with van der Waals surface area (Å²) >= 11 is 0. The van der Waals surface area contributed by atoms with Gasteiger partial charge in [-0.3, -0.25) is 0 Å². The summed E-state index contributed by atoms with van der Waals surface area (Å²) in [6, 6.07) is 0. The van der Waals surface area contributed by atoms with Gasteiger partial charge in [-0.05, 0) is 46.0 Å². The predicted molar refractivity (Wildman–Crippen MR) is 46.9 cm³/mol. The highest BCUT2D eigenvalue weighted by Gasteiger charge is 2.54. The Labute approximate surface area is 73.9 Å². The lowest BCUT2D eigenvalue weighted by molar-refractivity contribution is -0.130. The van der Waals surface area contributed by atoms with Gasteiger partial charge in [-0.25, -0.2) is 0 Å². The van der Waals surface area contributed by atoms with E-state index >= 15 is 0 Å². The van der Waals surface area contributed by atoms with E-state index in [9.17, 15) is 5.11 Å². The largest absolute Gasteiger partial charge is 0.390 e. The molecule has 0 amide bonds. The third kappa shape index (κ3) is 1.01. The van der Waals surface area contributed by atoms with Gasteiger partial charge in [-0.1, -0.05) is 0 Å². The van der Waals surface area contributed by atoms with Gasteiger partial charge >= 0.3 is 0 Å². The number of rotatable bonds is 0. The smallest absolute Gasteiger partial charge is 0.0923 e. The quantitative estimate of drug-likeness (QED) is 0.599. The van der Waals surface area contributed by atoms with Crippen LogP contribution >= 0.6 is 0 Å². The van der Waals surface area contributed by atoms with Gasteiger partial charge in [0, 0.05) is 0 Å². The molecule has 0 aromatic heterocycles. The van der Waals surface area contributed by atoms with Crippen molar-refractivity contribution in [2.45, 2.75) is 57.3 Å². The molecule has 3 unspecified atom stereocenters. The van der Waals surface area contributed by atoms with Gasteiger partial charge in [-0.15, -0.1) is 0 Å². The molecule has 2 heteroatoms. The molecule has 3 atom stereocenters. The van der Waals surface area contributed by atoms with Crippen molar-refractivity contribution in [2.75, 3.05) is 0 Å². The highest BCUT2D eigenvalue weighted by Crippen LogP contribution is 2.50. The highest BCUT2D eigenvalue weighted by molar-refractivity contribution is 5.03. The Balaban J connectivity index is 2.27. The Morgan fingerprint density at radius 2 is 1.92 bits per heavy atom. The minimum atomic E-state index is -0.258. The summed E-state index contributed by atoms with van der Waals surface area (Å²) in [7, 11) is 0. The second-order valence-electron chi connectivity index (χ2n) is 5.01. The van der Waals surface area contributed by atoms with Crippen LogP contribution < -0.4 is 0 Å². The Bertz CT molecular complexity index is 200. The first kappa shape index (κ1) is 8.52. The van der Waals surface area contributed by atoms with Gasteiger partial charge in [0.2, 0.25) is 0 Å². The van der Waals surface area contributed by atoms with Gasteiger partial charge in [-0.2, -0.15) is 0 Å². The summed E-state index contributed by atoms with van der Waals surface area (Å²) in [5, 5.41) is 9.76. The van der Waals surface area contributed by atoms with Crippen molar-refractivity contribution in [3.63, 3.8) is 0 Å². The molecule has 12 heavy (non-hydrogen) atoms. The monoisotopic (exact) mass is 170 g/mol. The fourth-order valence-electron chi connectivity index (χ4n) is 2.78. The van der Waals surface area contributed by atoms with Crippen molar-refractivity contribution in [3.05, 3.63) is 0 Å². The molecule has 2 rings (SSSR count). The number of fused-ring (bicyclic) bond motifs is 2. The molecule has 0 radical (unpaired) electrons. The average Bonchev–Trinajstić information content (AvgIpc) is 2.12. The first-order valence-electron chi connectivity index (χ1n) is 4.82. The molecule has 0 aromatic carbocycles. The van der Waals surface area contributed by atoms with Gasteiger partial charge in [0.25, 0.3) is 0 Å². The predicted octanol–water partition coefficient (Wildman–Crippen LogP) is 1.71. The zero-order valence-electron chi connectivity index (χ0n) is 8.13. The first-order chi connectivity index (χ1) is 5.44. The lowest BCUT2D eigenvalue weighted by Gasteiger charge is -2.32.